The molecule has 1 atom stereocenters. The minimum absolute atomic E-state index is 0.0503. The highest BCUT2D eigenvalue weighted by atomic mass is 16.2. The molecule has 5 nitrogen and oxygen atoms in total. The van der Waals surface area contributed by atoms with Crippen molar-refractivity contribution in [1.29, 1.82) is 0 Å². The molecule has 0 aromatic rings. The summed E-state index contributed by atoms with van der Waals surface area (Å²) in [4.78, 5) is 17.1. The fourth-order valence-electron chi connectivity index (χ4n) is 4.64. The summed E-state index contributed by atoms with van der Waals surface area (Å²) >= 11 is 0. The average Bonchev–Trinajstić information content (AvgIpc) is 3.08. The summed E-state index contributed by atoms with van der Waals surface area (Å²) in [6.45, 7) is 7.02. The van der Waals surface area contributed by atoms with Gasteiger partial charge in [-0.1, -0.05) is 12.8 Å². The van der Waals surface area contributed by atoms with Gasteiger partial charge in [-0.15, -0.1) is 0 Å². The Morgan fingerprint density at radius 3 is 2.46 bits per heavy atom. The summed E-state index contributed by atoms with van der Waals surface area (Å²) in [5.41, 5.74) is 0. The Balaban J connectivity index is 1.33. The van der Waals surface area contributed by atoms with E-state index in [4.69, 9.17) is 0 Å². The number of likely N-dealkylation sites (tertiary alicyclic amines) is 2. The molecular weight excluding hydrogens is 300 g/mol. The lowest BCUT2D eigenvalue weighted by atomic mass is 9.93. The van der Waals surface area contributed by atoms with Crippen LogP contribution in [0.1, 0.15) is 51.4 Å². The number of piperidine rings is 2. The molecule has 1 saturated carbocycles. The van der Waals surface area contributed by atoms with Crippen molar-refractivity contribution in [2.75, 3.05) is 46.3 Å². The molecule has 3 rings (SSSR count). The van der Waals surface area contributed by atoms with Crippen LogP contribution < -0.4 is 10.6 Å². The molecule has 3 aliphatic rings. The zero-order valence-electron chi connectivity index (χ0n) is 15.4. The van der Waals surface area contributed by atoms with E-state index in [0.717, 1.165) is 31.8 Å². The minimum atomic E-state index is 0.0503. The van der Waals surface area contributed by atoms with Crippen molar-refractivity contribution in [1.82, 2.24) is 20.4 Å². The Bertz CT molecular complexity index is 389. The monoisotopic (exact) mass is 336 g/mol. The van der Waals surface area contributed by atoms with E-state index in [9.17, 15) is 4.79 Å². The van der Waals surface area contributed by atoms with Crippen molar-refractivity contribution in [2.24, 2.45) is 11.8 Å². The molecule has 0 radical (unpaired) electrons. The van der Waals surface area contributed by atoms with Gasteiger partial charge in [0.2, 0.25) is 0 Å². The standard InChI is InChI=1S/C19H36N4O/c1-22-11-8-16(9-12-22)14-23-10-4-5-17(15-23)13-20-19(24)21-18-6-2-3-7-18/h16-18H,2-15H2,1H3,(H2,20,21,24). The van der Waals surface area contributed by atoms with E-state index >= 15 is 0 Å². The first-order valence-corrected chi connectivity index (χ1v) is 10.1. The largest absolute Gasteiger partial charge is 0.338 e. The van der Waals surface area contributed by atoms with Crippen LogP contribution in [0, 0.1) is 11.8 Å². The quantitative estimate of drug-likeness (QED) is 0.810. The van der Waals surface area contributed by atoms with Crippen LogP contribution in [0.15, 0.2) is 0 Å². The molecule has 1 unspecified atom stereocenters. The van der Waals surface area contributed by atoms with E-state index in [0.29, 0.717) is 12.0 Å². The number of carbonyl (C=O) groups excluding carboxylic acids is 1. The van der Waals surface area contributed by atoms with Gasteiger partial charge in [-0.2, -0.15) is 0 Å². The van der Waals surface area contributed by atoms with Gasteiger partial charge in [-0.3, -0.25) is 0 Å². The second-order valence-electron chi connectivity index (χ2n) is 8.35. The molecule has 2 aliphatic heterocycles. The van der Waals surface area contributed by atoms with Crippen LogP contribution in [0.5, 0.6) is 0 Å². The number of amides is 2. The third-order valence-electron chi connectivity index (χ3n) is 6.20. The average molecular weight is 337 g/mol. The maximum atomic E-state index is 12.0. The number of hydrogen-bond donors (Lipinski definition) is 2. The van der Waals surface area contributed by atoms with E-state index < -0.39 is 0 Å². The van der Waals surface area contributed by atoms with Crippen molar-refractivity contribution in [3.05, 3.63) is 0 Å². The lowest BCUT2D eigenvalue weighted by molar-refractivity contribution is 0.120. The Hall–Kier alpha value is -0.810. The summed E-state index contributed by atoms with van der Waals surface area (Å²) in [6.07, 6.45) is 10.1. The Labute approximate surface area is 147 Å². The summed E-state index contributed by atoms with van der Waals surface area (Å²) in [5.74, 6) is 1.50. The lowest BCUT2D eigenvalue weighted by Crippen LogP contribution is -2.47. The van der Waals surface area contributed by atoms with Crippen molar-refractivity contribution < 1.29 is 4.79 Å². The third-order valence-corrected chi connectivity index (χ3v) is 6.20. The second kappa shape index (κ2) is 9.04. The molecule has 2 N–H and O–H groups in total. The van der Waals surface area contributed by atoms with Gasteiger partial charge in [0, 0.05) is 25.7 Å². The molecule has 0 bridgehead atoms. The highest BCUT2D eigenvalue weighted by molar-refractivity contribution is 5.74. The van der Waals surface area contributed by atoms with Crippen LogP contribution >= 0.6 is 0 Å². The molecule has 2 saturated heterocycles. The van der Waals surface area contributed by atoms with Crippen molar-refractivity contribution in [3.8, 4) is 0 Å². The Morgan fingerprint density at radius 1 is 0.958 bits per heavy atom. The SMILES string of the molecule is CN1CCC(CN2CCCC(CNC(=O)NC3CCCC3)C2)CC1. The molecule has 0 spiro atoms. The molecule has 0 aromatic heterocycles. The molecular formula is C19H36N4O. The van der Waals surface area contributed by atoms with Crippen molar-refractivity contribution >= 4 is 6.03 Å². The third kappa shape index (κ3) is 5.62. The molecule has 24 heavy (non-hydrogen) atoms. The van der Waals surface area contributed by atoms with Gasteiger partial charge in [0.05, 0.1) is 0 Å². The summed E-state index contributed by atoms with van der Waals surface area (Å²) in [6, 6.07) is 0.464. The number of carbonyl (C=O) groups is 1. The highest BCUT2D eigenvalue weighted by Gasteiger charge is 2.25. The predicted octanol–water partition coefficient (Wildman–Crippen LogP) is 2.28. The Kier molecular flexibility index (Phi) is 6.78. The van der Waals surface area contributed by atoms with E-state index in [1.54, 1.807) is 0 Å². The van der Waals surface area contributed by atoms with Gasteiger partial charge in [-0.25, -0.2) is 4.79 Å². The normalized spacial score (nSPS) is 28.1. The Morgan fingerprint density at radius 2 is 1.71 bits per heavy atom. The topological polar surface area (TPSA) is 47.6 Å². The first-order valence-electron chi connectivity index (χ1n) is 10.1. The highest BCUT2D eigenvalue weighted by Crippen LogP contribution is 2.22. The number of nitrogens with one attached hydrogen (secondary N) is 2. The van der Waals surface area contributed by atoms with Crippen LogP contribution in [0.2, 0.25) is 0 Å². The van der Waals surface area contributed by atoms with Gasteiger partial charge in [0.25, 0.3) is 0 Å². The molecule has 0 aromatic carbocycles. The molecule has 2 amide bonds. The number of nitrogens with zero attached hydrogens (tertiary/aromatic N) is 2. The zero-order chi connectivity index (χ0) is 16.8. The second-order valence-corrected chi connectivity index (χ2v) is 8.35. The number of urea groups is 1. The fraction of sp³-hybridized carbons (Fsp3) is 0.947. The number of hydrogen-bond acceptors (Lipinski definition) is 3. The molecule has 1 aliphatic carbocycles. The molecule has 5 heteroatoms. The lowest BCUT2D eigenvalue weighted by Gasteiger charge is -2.37. The van der Waals surface area contributed by atoms with E-state index in [1.165, 1.54) is 64.7 Å². The van der Waals surface area contributed by atoms with E-state index in [-0.39, 0.29) is 6.03 Å². The van der Waals surface area contributed by atoms with Crippen LogP contribution in [-0.2, 0) is 0 Å². The fourth-order valence-corrected chi connectivity index (χ4v) is 4.64. The zero-order valence-corrected chi connectivity index (χ0v) is 15.4. The van der Waals surface area contributed by atoms with E-state index in [1.807, 2.05) is 0 Å². The maximum Gasteiger partial charge on any atom is 0.315 e. The summed E-state index contributed by atoms with van der Waals surface area (Å²) in [5, 5.41) is 6.26. The first-order chi connectivity index (χ1) is 11.7. The van der Waals surface area contributed by atoms with Gasteiger partial charge < -0.3 is 20.4 Å². The summed E-state index contributed by atoms with van der Waals surface area (Å²) < 4.78 is 0. The van der Waals surface area contributed by atoms with Gasteiger partial charge >= 0.3 is 6.03 Å². The number of rotatable bonds is 5. The minimum Gasteiger partial charge on any atom is -0.338 e. The van der Waals surface area contributed by atoms with Gasteiger partial charge in [0.1, 0.15) is 0 Å². The maximum absolute atomic E-state index is 12.0. The molecule has 3 fully saturated rings. The molecule has 138 valence electrons. The predicted molar refractivity (Wildman–Crippen MR) is 98.2 cm³/mol. The molecule has 2 heterocycles. The van der Waals surface area contributed by atoms with Gasteiger partial charge in [0.15, 0.2) is 0 Å². The van der Waals surface area contributed by atoms with Crippen molar-refractivity contribution in [3.63, 3.8) is 0 Å². The van der Waals surface area contributed by atoms with E-state index in [2.05, 4.69) is 27.5 Å². The van der Waals surface area contributed by atoms with Crippen LogP contribution in [0.4, 0.5) is 4.79 Å². The van der Waals surface area contributed by atoms with Crippen LogP contribution in [0.3, 0.4) is 0 Å². The van der Waals surface area contributed by atoms with Gasteiger partial charge in [-0.05, 0) is 77.0 Å². The first kappa shape index (κ1) is 18.0. The van der Waals surface area contributed by atoms with Crippen molar-refractivity contribution in [2.45, 2.75) is 57.4 Å². The van der Waals surface area contributed by atoms with Crippen LogP contribution in [-0.4, -0.2) is 68.2 Å². The van der Waals surface area contributed by atoms with Crippen LogP contribution in [0.25, 0.3) is 0 Å². The smallest absolute Gasteiger partial charge is 0.315 e. The summed E-state index contributed by atoms with van der Waals surface area (Å²) in [7, 11) is 2.23.